The highest BCUT2D eigenvalue weighted by Gasteiger charge is 2.22. The van der Waals surface area contributed by atoms with E-state index in [2.05, 4.69) is 15.6 Å². The molecule has 1 atom stereocenters. The van der Waals surface area contributed by atoms with Gasteiger partial charge >= 0.3 is 6.03 Å². The van der Waals surface area contributed by atoms with E-state index < -0.39 is 22.7 Å². The fourth-order valence-corrected chi connectivity index (χ4v) is 2.57. The molecule has 0 aliphatic rings. The van der Waals surface area contributed by atoms with Crippen LogP contribution in [-0.4, -0.2) is 27.7 Å². The van der Waals surface area contributed by atoms with Gasteiger partial charge in [0.1, 0.15) is 5.82 Å². The maximum atomic E-state index is 12.9. The second kappa shape index (κ2) is 7.69. The number of imide groups is 1. The predicted molar refractivity (Wildman–Crippen MR) is 93.6 cm³/mol. The van der Waals surface area contributed by atoms with E-state index in [1.54, 1.807) is 19.1 Å². The maximum Gasteiger partial charge on any atom is 0.321 e. The van der Waals surface area contributed by atoms with Gasteiger partial charge in [0.25, 0.3) is 5.22 Å². The van der Waals surface area contributed by atoms with Gasteiger partial charge in [-0.25, -0.2) is 14.2 Å². The molecule has 25 heavy (non-hydrogen) atoms. The quantitative estimate of drug-likeness (QED) is 0.809. The van der Waals surface area contributed by atoms with E-state index in [0.717, 1.165) is 11.8 Å². The van der Waals surface area contributed by atoms with Crippen LogP contribution in [0.1, 0.15) is 27.7 Å². The van der Waals surface area contributed by atoms with Gasteiger partial charge in [0.15, 0.2) is 5.76 Å². The molecule has 0 radical (unpaired) electrons. The lowest BCUT2D eigenvalue weighted by Gasteiger charge is -2.20. The van der Waals surface area contributed by atoms with Crippen LogP contribution in [0.15, 0.2) is 40.1 Å². The third-order valence-electron chi connectivity index (χ3n) is 2.99. The van der Waals surface area contributed by atoms with Crippen molar-refractivity contribution in [3.63, 3.8) is 0 Å². The first kappa shape index (κ1) is 19.0. The number of rotatable bonds is 4. The molecule has 0 fully saturated rings. The van der Waals surface area contributed by atoms with E-state index in [4.69, 9.17) is 4.42 Å². The number of nitrogens with one attached hydrogen (secondary N) is 2. The summed E-state index contributed by atoms with van der Waals surface area (Å²) in [5.41, 5.74) is 0.246. The van der Waals surface area contributed by atoms with E-state index in [1.165, 1.54) is 18.3 Å². The molecule has 0 saturated carbocycles. The fourth-order valence-electron chi connectivity index (χ4n) is 1.85. The van der Waals surface area contributed by atoms with Crippen LogP contribution in [0, 0.1) is 5.82 Å². The average Bonchev–Trinajstić information content (AvgIpc) is 2.94. The first-order valence-corrected chi connectivity index (χ1v) is 8.53. The molecule has 0 aliphatic carbocycles. The highest BCUT2D eigenvalue weighted by atomic mass is 32.2. The molecular formula is C17H20FN3O3S. The first-order chi connectivity index (χ1) is 11.6. The summed E-state index contributed by atoms with van der Waals surface area (Å²) < 4.78 is 18.5. The largest absolute Gasteiger partial charge is 0.431 e. The van der Waals surface area contributed by atoms with Gasteiger partial charge < -0.3 is 9.73 Å². The van der Waals surface area contributed by atoms with E-state index in [0.29, 0.717) is 16.5 Å². The number of hydrogen-bond donors (Lipinski definition) is 2. The molecule has 0 saturated heterocycles. The second-order valence-corrected chi connectivity index (χ2v) is 7.74. The molecule has 0 aliphatic heterocycles. The van der Waals surface area contributed by atoms with Crippen molar-refractivity contribution in [2.75, 3.05) is 0 Å². The Morgan fingerprint density at radius 3 is 2.48 bits per heavy atom. The van der Waals surface area contributed by atoms with E-state index in [9.17, 15) is 14.0 Å². The number of aromatic nitrogens is 1. The maximum absolute atomic E-state index is 12.9. The number of thioether (sulfide) groups is 1. The van der Waals surface area contributed by atoms with Gasteiger partial charge in [0.05, 0.1) is 11.4 Å². The smallest absolute Gasteiger partial charge is 0.321 e. The van der Waals surface area contributed by atoms with Gasteiger partial charge in [-0.3, -0.25) is 10.1 Å². The number of benzene rings is 1. The van der Waals surface area contributed by atoms with Gasteiger partial charge in [0.2, 0.25) is 5.91 Å². The third kappa shape index (κ3) is 5.90. The second-order valence-electron chi connectivity index (χ2n) is 6.45. The van der Waals surface area contributed by atoms with Crippen molar-refractivity contribution in [2.45, 2.75) is 43.7 Å². The molecule has 1 heterocycles. The molecule has 0 bridgehead atoms. The van der Waals surface area contributed by atoms with E-state index >= 15 is 0 Å². The van der Waals surface area contributed by atoms with Crippen LogP contribution in [0.5, 0.6) is 0 Å². The lowest BCUT2D eigenvalue weighted by atomic mass is 10.1. The summed E-state index contributed by atoms with van der Waals surface area (Å²) in [5, 5.41) is 4.64. The van der Waals surface area contributed by atoms with Crippen LogP contribution in [0.4, 0.5) is 9.18 Å². The number of urea groups is 1. The summed E-state index contributed by atoms with van der Waals surface area (Å²) in [7, 11) is 0. The topological polar surface area (TPSA) is 84.2 Å². The van der Waals surface area contributed by atoms with Crippen molar-refractivity contribution < 1.29 is 18.4 Å². The summed E-state index contributed by atoms with van der Waals surface area (Å²) in [4.78, 5) is 27.9. The van der Waals surface area contributed by atoms with Crippen LogP contribution in [-0.2, 0) is 4.79 Å². The van der Waals surface area contributed by atoms with Crippen molar-refractivity contribution in [2.24, 2.45) is 0 Å². The Balaban J connectivity index is 1.94. The highest BCUT2D eigenvalue weighted by molar-refractivity contribution is 8.00. The molecule has 2 aromatic rings. The third-order valence-corrected chi connectivity index (χ3v) is 3.94. The molecule has 2 rings (SSSR count). The Kier molecular flexibility index (Phi) is 5.84. The number of carbonyl (C=O) groups is 2. The molecule has 3 amide bonds. The molecule has 6 nitrogen and oxygen atoms in total. The minimum absolute atomic E-state index is 0.290. The first-order valence-electron chi connectivity index (χ1n) is 7.65. The minimum atomic E-state index is -0.578. The van der Waals surface area contributed by atoms with Crippen LogP contribution < -0.4 is 10.6 Å². The number of nitrogens with zero attached hydrogens (tertiary/aromatic N) is 1. The van der Waals surface area contributed by atoms with Crippen LogP contribution in [0.2, 0.25) is 0 Å². The van der Waals surface area contributed by atoms with Crippen LogP contribution >= 0.6 is 11.8 Å². The minimum Gasteiger partial charge on any atom is -0.431 e. The number of hydrogen-bond acceptors (Lipinski definition) is 5. The summed E-state index contributed by atoms with van der Waals surface area (Å²) in [6.07, 6.45) is 1.51. The average molecular weight is 365 g/mol. The standard InChI is InChI=1S/C17H20FN3O3S/c1-10(14(22)20-15(23)21-17(2,3)4)25-16-19-9-13(24-16)11-5-7-12(18)8-6-11/h5-10H,1-4H3,(H2,20,21,22,23). The number of carbonyl (C=O) groups excluding carboxylic acids is 2. The molecular weight excluding hydrogens is 345 g/mol. The highest BCUT2D eigenvalue weighted by Crippen LogP contribution is 2.28. The van der Waals surface area contributed by atoms with E-state index in [1.807, 2.05) is 20.8 Å². The van der Waals surface area contributed by atoms with Gasteiger partial charge in [-0.2, -0.15) is 0 Å². The predicted octanol–water partition coefficient (Wildman–Crippen LogP) is 3.59. The molecule has 8 heteroatoms. The lowest BCUT2D eigenvalue weighted by Crippen LogP contribution is -2.49. The van der Waals surface area contributed by atoms with Crippen molar-refractivity contribution >= 4 is 23.7 Å². The zero-order valence-corrected chi connectivity index (χ0v) is 15.2. The lowest BCUT2D eigenvalue weighted by molar-refractivity contribution is -0.119. The Morgan fingerprint density at radius 2 is 1.88 bits per heavy atom. The van der Waals surface area contributed by atoms with Crippen molar-refractivity contribution in [1.82, 2.24) is 15.6 Å². The molecule has 1 aromatic heterocycles. The van der Waals surface area contributed by atoms with Crippen molar-refractivity contribution in [3.05, 3.63) is 36.3 Å². The molecule has 1 unspecified atom stereocenters. The molecule has 2 N–H and O–H groups in total. The zero-order chi connectivity index (χ0) is 18.6. The Hall–Kier alpha value is -2.35. The van der Waals surface area contributed by atoms with Gasteiger partial charge in [-0.05, 0) is 52.0 Å². The Morgan fingerprint density at radius 1 is 1.24 bits per heavy atom. The summed E-state index contributed by atoms with van der Waals surface area (Å²) in [6, 6.07) is 5.27. The molecule has 0 spiro atoms. The fraction of sp³-hybridized carbons (Fsp3) is 0.353. The van der Waals surface area contributed by atoms with Crippen LogP contribution in [0.25, 0.3) is 11.3 Å². The number of halogens is 1. The van der Waals surface area contributed by atoms with Gasteiger partial charge in [0, 0.05) is 11.1 Å². The zero-order valence-electron chi connectivity index (χ0n) is 14.4. The summed E-state index contributed by atoms with van der Waals surface area (Å²) >= 11 is 1.09. The van der Waals surface area contributed by atoms with Gasteiger partial charge in [-0.1, -0.05) is 11.8 Å². The number of oxazole rings is 1. The Labute approximate surface area is 149 Å². The van der Waals surface area contributed by atoms with E-state index in [-0.39, 0.29) is 5.82 Å². The summed E-state index contributed by atoms with van der Waals surface area (Å²) in [5.74, 6) is -0.314. The molecule has 1 aromatic carbocycles. The monoisotopic (exact) mass is 365 g/mol. The Bertz CT molecular complexity index is 753. The number of amides is 3. The molecule has 134 valence electrons. The van der Waals surface area contributed by atoms with Gasteiger partial charge in [-0.15, -0.1) is 0 Å². The normalized spacial score (nSPS) is 12.5. The SMILES string of the molecule is CC(Sc1ncc(-c2ccc(F)cc2)o1)C(=O)NC(=O)NC(C)(C)C. The summed E-state index contributed by atoms with van der Waals surface area (Å²) in [6.45, 7) is 7.10. The van der Waals surface area contributed by atoms with Crippen LogP contribution in [0.3, 0.4) is 0 Å². The van der Waals surface area contributed by atoms with Crippen molar-refractivity contribution in [1.29, 1.82) is 0 Å². The van der Waals surface area contributed by atoms with Crippen molar-refractivity contribution in [3.8, 4) is 11.3 Å².